The van der Waals surface area contributed by atoms with E-state index in [0.717, 1.165) is 5.69 Å². The number of carbonyl (C=O) groups is 2. The lowest BCUT2D eigenvalue weighted by Gasteiger charge is -2.30. The van der Waals surface area contributed by atoms with E-state index in [9.17, 15) is 14.4 Å². The van der Waals surface area contributed by atoms with Gasteiger partial charge in [-0.1, -0.05) is 0 Å². The molecule has 1 fully saturated rings. The summed E-state index contributed by atoms with van der Waals surface area (Å²) < 4.78 is 1.36. The first-order chi connectivity index (χ1) is 10.5. The zero-order chi connectivity index (χ0) is 16.1. The number of hydrogen-bond acceptors (Lipinski definition) is 4. The van der Waals surface area contributed by atoms with Crippen LogP contribution in [0.15, 0.2) is 16.9 Å². The Morgan fingerprint density at radius 2 is 2.00 bits per heavy atom. The van der Waals surface area contributed by atoms with E-state index >= 15 is 0 Å². The number of aromatic nitrogens is 2. The zero-order valence-corrected chi connectivity index (χ0v) is 13.0. The zero-order valence-electron chi connectivity index (χ0n) is 13.0. The van der Waals surface area contributed by atoms with Gasteiger partial charge in [-0.2, -0.15) is 5.10 Å². The van der Waals surface area contributed by atoms with Crippen LogP contribution in [-0.2, 0) is 16.1 Å². The molecule has 2 amide bonds. The van der Waals surface area contributed by atoms with E-state index in [4.69, 9.17) is 0 Å². The van der Waals surface area contributed by atoms with Crippen molar-refractivity contribution in [2.24, 2.45) is 5.92 Å². The average molecular weight is 306 g/mol. The molecule has 1 saturated heterocycles. The van der Waals surface area contributed by atoms with Crippen molar-refractivity contribution in [2.75, 3.05) is 19.6 Å². The summed E-state index contributed by atoms with van der Waals surface area (Å²) in [6.45, 7) is 5.36. The second-order valence-corrected chi connectivity index (χ2v) is 5.61. The summed E-state index contributed by atoms with van der Waals surface area (Å²) in [4.78, 5) is 36.7. The molecule has 1 aliphatic rings. The maximum absolute atomic E-state index is 12.1. The first kappa shape index (κ1) is 16.2. The highest BCUT2D eigenvalue weighted by Gasteiger charge is 2.25. The summed E-state index contributed by atoms with van der Waals surface area (Å²) in [5.41, 5.74) is 0.595. The molecule has 1 aromatic rings. The Hall–Kier alpha value is -2.18. The summed E-state index contributed by atoms with van der Waals surface area (Å²) in [6, 6.07) is 3.14. The van der Waals surface area contributed by atoms with Crippen LogP contribution in [0, 0.1) is 12.8 Å². The van der Waals surface area contributed by atoms with Crippen LogP contribution >= 0.6 is 0 Å². The lowest BCUT2D eigenvalue weighted by molar-refractivity contribution is -0.133. The normalized spacial score (nSPS) is 15.6. The molecule has 0 radical (unpaired) electrons. The van der Waals surface area contributed by atoms with E-state index < -0.39 is 0 Å². The van der Waals surface area contributed by atoms with Gasteiger partial charge in [-0.05, 0) is 25.8 Å². The van der Waals surface area contributed by atoms with Crippen LogP contribution in [0.2, 0.25) is 0 Å². The van der Waals surface area contributed by atoms with Crippen LogP contribution in [-0.4, -0.2) is 46.1 Å². The molecule has 22 heavy (non-hydrogen) atoms. The summed E-state index contributed by atoms with van der Waals surface area (Å²) in [5.74, 6) is -0.00884. The molecule has 0 bridgehead atoms. The smallest absolute Gasteiger partial charge is 0.266 e. The minimum atomic E-state index is -0.172. The Kier molecular flexibility index (Phi) is 5.30. The van der Waals surface area contributed by atoms with Crippen molar-refractivity contribution in [3.05, 3.63) is 28.2 Å². The fourth-order valence-corrected chi connectivity index (χ4v) is 2.60. The number of rotatable bonds is 4. The molecule has 2 heterocycles. The number of likely N-dealkylation sites (tertiary alicyclic amines) is 1. The van der Waals surface area contributed by atoms with Crippen LogP contribution in [0.5, 0.6) is 0 Å². The second kappa shape index (κ2) is 7.20. The van der Waals surface area contributed by atoms with Crippen molar-refractivity contribution in [2.45, 2.75) is 33.2 Å². The highest BCUT2D eigenvalue weighted by atomic mass is 16.2. The largest absolute Gasteiger partial charge is 0.354 e. The van der Waals surface area contributed by atoms with Gasteiger partial charge in [-0.25, -0.2) is 4.68 Å². The Balaban J connectivity index is 1.78. The number of nitrogens with zero attached hydrogens (tertiary/aromatic N) is 3. The molecule has 0 saturated carbocycles. The molecule has 7 heteroatoms. The Morgan fingerprint density at radius 3 is 2.64 bits per heavy atom. The number of amides is 2. The van der Waals surface area contributed by atoms with Gasteiger partial charge < -0.3 is 10.2 Å². The molecule has 120 valence electrons. The Morgan fingerprint density at radius 1 is 1.32 bits per heavy atom. The third-order valence-corrected chi connectivity index (χ3v) is 3.93. The van der Waals surface area contributed by atoms with Crippen molar-refractivity contribution < 1.29 is 9.59 Å². The van der Waals surface area contributed by atoms with Crippen molar-refractivity contribution in [3.63, 3.8) is 0 Å². The minimum absolute atomic E-state index is 0.0103. The van der Waals surface area contributed by atoms with Crippen molar-refractivity contribution in [1.29, 1.82) is 0 Å². The molecule has 0 spiro atoms. The second-order valence-electron chi connectivity index (χ2n) is 5.61. The van der Waals surface area contributed by atoms with E-state index in [1.165, 1.54) is 10.7 Å². The van der Waals surface area contributed by atoms with Gasteiger partial charge >= 0.3 is 0 Å². The van der Waals surface area contributed by atoms with E-state index in [-0.39, 0.29) is 23.3 Å². The van der Waals surface area contributed by atoms with Gasteiger partial charge in [0, 0.05) is 38.5 Å². The van der Waals surface area contributed by atoms with Crippen molar-refractivity contribution >= 4 is 11.8 Å². The van der Waals surface area contributed by atoms with Gasteiger partial charge in [0.05, 0.1) is 12.2 Å². The maximum atomic E-state index is 12.1. The summed E-state index contributed by atoms with van der Waals surface area (Å²) >= 11 is 0. The predicted molar refractivity (Wildman–Crippen MR) is 81.2 cm³/mol. The number of hydrogen-bond donors (Lipinski definition) is 1. The standard InChI is InChI=1S/C15H22N4O3/c1-11-3-4-14(21)19(17-11)10-7-16-15(22)13-5-8-18(9-6-13)12(2)20/h3-4,13H,5-10H2,1-2H3,(H,16,22). The Labute approximate surface area is 129 Å². The molecule has 0 aromatic carbocycles. The van der Waals surface area contributed by atoms with Crippen LogP contribution in [0.4, 0.5) is 0 Å². The highest BCUT2D eigenvalue weighted by molar-refractivity contribution is 5.79. The lowest BCUT2D eigenvalue weighted by Crippen LogP contribution is -2.43. The monoisotopic (exact) mass is 306 g/mol. The van der Waals surface area contributed by atoms with Gasteiger partial charge in [0.25, 0.3) is 5.56 Å². The lowest BCUT2D eigenvalue weighted by atomic mass is 9.96. The predicted octanol–water partition coefficient (Wildman–Crippen LogP) is -0.0736. The van der Waals surface area contributed by atoms with E-state index in [1.807, 2.05) is 6.92 Å². The highest BCUT2D eigenvalue weighted by Crippen LogP contribution is 2.17. The molecule has 0 atom stereocenters. The fraction of sp³-hybridized carbons (Fsp3) is 0.600. The van der Waals surface area contributed by atoms with E-state index in [2.05, 4.69) is 10.4 Å². The SMILES string of the molecule is CC(=O)N1CCC(C(=O)NCCn2nc(C)ccc2=O)CC1. The van der Waals surface area contributed by atoms with Crippen LogP contribution in [0.1, 0.15) is 25.5 Å². The average Bonchev–Trinajstić information content (AvgIpc) is 2.50. The molecule has 7 nitrogen and oxygen atoms in total. The maximum Gasteiger partial charge on any atom is 0.266 e. The van der Waals surface area contributed by atoms with Gasteiger partial charge in [0.15, 0.2) is 0 Å². The summed E-state index contributed by atoms with van der Waals surface area (Å²) in [6.07, 6.45) is 1.38. The van der Waals surface area contributed by atoms with Crippen LogP contribution < -0.4 is 10.9 Å². The van der Waals surface area contributed by atoms with Crippen LogP contribution in [0.3, 0.4) is 0 Å². The fourth-order valence-electron chi connectivity index (χ4n) is 2.60. The first-order valence-corrected chi connectivity index (χ1v) is 7.55. The molecule has 0 unspecified atom stereocenters. The third kappa shape index (κ3) is 4.16. The molecular formula is C15H22N4O3. The summed E-state index contributed by atoms with van der Waals surface area (Å²) in [7, 11) is 0. The van der Waals surface area contributed by atoms with Gasteiger partial charge in [-0.15, -0.1) is 0 Å². The summed E-state index contributed by atoms with van der Waals surface area (Å²) in [5, 5.41) is 6.97. The molecule has 2 rings (SSSR count). The van der Waals surface area contributed by atoms with Crippen molar-refractivity contribution in [1.82, 2.24) is 20.0 Å². The minimum Gasteiger partial charge on any atom is -0.354 e. The molecule has 1 aromatic heterocycles. The molecule has 0 aliphatic carbocycles. The van der Waals surface area contributed by atoms with Crippen molar-refractivity contribution in [3.8, 4) is 0 Å². The van der Waals surface area contributed by atoms with Gasteiger partial charge in [0.2, 0.25) is 11.8 Å². The topological polar surface area (TPSA) is 84.3 Å². The Bertz CT molecular complexity index is 603. The quantitative estimate of drug-likeness (QED) is 0.843. The molecular weight excluding hydrogens is 284 g/mol. The number of piperidine rings is 1. The molecule has 1 N–H and O–H groups in total. The first-order valence-electron chi connectivity index (χ1n) is 7.55. The number of carbonyl (C=O) groups excluding carboxylic acids is 2. The van der Waals surface area contributed by atoms with Gasteiger partial charge in [-0.3, -0.25) is 14.4 Å². The number of aryl methyl sites for hydroxylation is 1. The van der Waals surface area contributed by atoms with Gasteiger partial charge in [0.1, 0.15) is 0 Å². The van der Waals surface area contributed by atoms with E-state index in [0.29, 0.717) is 39.0 Å². The molecule has 1 aliphatic heterocycles. The van der Waals surface area contributed by atoms with E-state index in [1.54, 1.807) is 17.9 Å². The van der Waals surface area contributed by atoms with Crippen LogP contribution in [0.25, 0.3) is 0 Å². The third-order valence-electron chi connectivity index (χ3n) is 3.93. The number of nitrogens with one attached hydrogen (secondary N) is 1.